The van der Waals surface area contributed by atoms with Crippen molar-refractivity contribution in [1.29, 1.82) is 0 Å². The Hall–Kier alpha value is -2.67. The second kappa shape index (κ2) is 10.5. The number of hydrogen-bond donors (Lipinski definition) is 1. The highest BCUT2D eigenvalue weighted by Crippen LogP contribution is 2.50. The summed E-state index contributed by atoms with van der Waals surface area (Å²) in [6.07, 6.45) is -10.3. The predicted molar refractivity (Wildman–Crippen MR) is 131 cm³/mol. The molecule has 0 aliphatic carbocycles. The Kier molecular flexibility index (Phi) is 7.81. The average Bonchev–Trinajstić information content (AvgIpc) is 3.28. The molecule has 1 amide bonds. The van der Waals surface area contributed by atoms with Crippen LogP contribution in [0.2, 0.25) is 10.0 Å². The van der Waals surface area contributed by atoms with Gasteiger partial charge in [-0.3, -0.25) is 4.79 Å². The number of hydrogen-bond acceptors (Lipinski definition) is 4. The van der Waals surface area contributed by atoms with E-state index >= 15 is 0 Å². The van der Waals surface area contributed by atoms with E-state index in [0.29, 0.717) is 10.8 Å². The van der Waals surface area contributed by atoms with Gasteiger partial charge < -0.3 is 14.7 Å². The molecule has 0 saturated carbocycles. The van der Waals surface area contributed by atoms with Crippen molar-refractivity contribution in [2.45, 2.75) is 29.3 Å². The van der Waals surface area contributed by atoms with Crippen LogP contribution in [0.5, 0.6) is 0 Å². The molecule has 0 fully saturated rings. The summed E-state index contributed by atoms with van der Waals surface area (Å²) in [4.78, 5) is 17.0. The highest BCUT2D eigenvalue weighted by atomic mass is 35.5. The minimum Gasteiger partial charge on any atom is -0.611 e. The predicted octanol–water partition coefficient (Wildman–Crippen LogP) is 6.51. The number of oxime groups is 1. The molecule has 5 nitrogen and oxygen atoms in total. The summed E-state index contributed by atoms with van der Waals surface area (Å²) in [5.74, 6) is -1.81. The van der Waals surface area contributed by atoms with Gasteiger partial charge in [-0.2, -0.15) is 26.3 Å². The Morgan fingerprint density at radius 2 is 1.66 bits per heavy atom. The van der Waals surface area contributed by atoms with Crippen molar-refractivity contribution in [3.05, 3.63) is 75.8 Å². The number of carbonyl (C=O) groups is 1. The summed E-state index contributed by atoms with van der Waals surface area (Å²) >= 11 is 9.83. The topological polar surface area (TPSA) is 73.8 Å². The molecule has 0 bridgehead atoms. The number of alkyl halides is 6. The van der Waals surface area contributed by atoms with Crippen molar-refractivity contribution >= 4 is 56.8 Å². The van der Waals surface area contributed by atoms with Crippen LogP contribution in [0.15, 0.2) is 64.6 Å². The molecule has 1 aliphatic heterocycles. The van der Waals surface area contributed by atoms with E-state index in [0.717, 1.165) is 12.1 Å². The first-order valence-corrected chi connectivity index (χ1v) is 12.8. The van der Waals surface area contributed by atoms with E-state index in [1.165, 1.54) is 24.3 Å². The van der Waals surface area contributed by atoms with Crippen LogP contribution in [-0.2, 0) is 26.4 Å². The van der Waals surface area contributed by atoms with E-state index < -0.39 is 53.8 Å². The lowest BCUT2D eigenvalue weighted by atomic mass is 9.85. The number of amides is 1. The summed E-state index contributed by atoms with van der Waals surface area (Å²) in [6, 6.07) is 12.4. The fourth-order valence-electron chi connectivity index (χ4n) is 4.00. The van der Waals surface area contributed by atoms with Gasteiger partial charge in [0.05, 0.1) is 5.71 Å². The molecule has 2 atom stereocenters. The molecule has 1 heterocycles. The first-order valence-electron chi connectivity index (χ1n) is 10.7. The maximum Gasteiger partial charge on any atom is 0.435 e. The van der Waals surface area contributed by atoms with E-state index in [9.17, 15) is 35.7 Å². The van der Waals surface area contributed by atoms with Crippen molar-refractivity contribution in [2.24, 2.45) is 5.16 Å². The second-order valence-electron chi connectivity index (χ2n) is 8.33. The van der Waals surface area contributed by atoms with Crippen LogP contribution in [0, 0.1) is 0 Å². The number of nitrogens with zero attached hydrogens (tertiary/aromatic N) is 1. The third kappa shape index (κ3) is 5.83. The largest absolute Gasteiger partial charge is 0.611 e. The number of halogens is 8. The van der Waals surface area contributed by atoms with Gasteiger partial charge in [0.1, 0.15) is 6.54 Å². The zero-order chi connectivity index (χ0) is 27.9. The molecule has 3 aromatic rings. The highest BCUT2D eigenvalue weighted by Gasteiger charge is 2.62. The van der Waals surface area contributed by atoms with E-state index in [1.807, 2.05) is 0 Å². The molecule has 38 heavy (non-hydrogen) atoms. The summed E-state index contributed by atoms with van der Waals surface area (Å²) in [7, 11) is 0. The van der Waals surface area contributed by atoms with Crippen LogP contribution in [0.25, 0.3) is 10.8 Å². The van der Waals surface area contributed by atoms with Crippen LogP contribution >= 0.6 is 23.2 Å². The molecule has 3 aromatic carbocycles. The summed E-state index contributed by atoms with van der Waals surface area (Å²) < 4.78 is 93.0. The lowest BCUT2D eigenvalue weighted by molar-refractivity contribution is -0.275. The fourth-order valence-corrected chi connectivity index (χ4v) is 5.67. The average molecular weight is 597 g/mol. The van der Waals surface area contributed by atoms with Crippen molar-refractivity contribution in [3.63, 3.8) is 0 Å². The van der Waals surface area contributed by atoms with Crippen LogP contribution in [0.4, 0.5) is 26.3 Å². The van der Waals surface area contributed by atoms with E-state index in [1.54, 1.807) is 23.5 Å². The Morgan fingerprint density at radius 3 is 2.26 bits per heavy atom. The maximum atomic E-state index is 14.4. The second-order valence-corrected chi connectivity index (χ2v) is 10.6. The zero-order valence-corrected chi connectivity index (χ0v) is 21.2. The zero-order valence-electron chi connectivity index (χ0n) is 18.9. The van der Waals surface area contributed by atoms with Crippen molar-refractivity contribution in [3.8, 4) is 0 Å². The smallest absolute Gasteiger partial charge is 0.435 e. The first kappa shape index (κ1) is 28.3. The monoisotopic (exact) mass is 596 g/mol. The molecular weight excluding hydrogens is 581 g/mol. The van der Waals surface area contributed by atoms with Crippen LogP contribution in [-0.4, -0.2) is 40.8 Å². The van der Waals surface area contributed by atoms with Gasteiger partial charge >= 0.3 is 12.4 Å². The summed E-state index contributed by atoms with van der Waals surface area (Å²) in [6.45, 7) is -1.57. The molecule has 0 aromatic heterocycles. The Morgan fingerprint density at radius 1 is 1.03 bits per heavy atom. The quantitative estimate of drug-likeness (QED) is 0.260. The standard InChI is InChI=1S/C24H16Cl2F6N2O3S/c25-14-7-13(8-15(26)9-14)22(24(30,31)32)10-19(34-37-22)17-5-6-20(18-4-2-1-3-16(17)18)38(36)11-21(35)33-12-23(27,28)29/h1-9H,10-12H2,(H,33,35). The lowest BCUT2D eigenvalue weighted by Gasteiger charge is -2.29. The maximum absolute atomic E-state index is 14.4. The van der Waals surface area contributed by atoms with E-state index in [4.69, 9.17) is 28.0 Å². The third-order valence-corrected chi connectivity index (χ3v) is 7.51. The normalized spacial score (nSPS) is 18.7. The Labute approximate surface area is 224 Å². The van der Waals surface area contributed by atoms with Crippen LogP contribution < -0.4 is 5.32 Å². The van der Waals surface area contributed by atoms with Gasteiger partial charge in [-0.1, -0.05) is 46.6 Å². The van der Waals surface area contributed by atoms with Crippen molar-refractivity contribution in [2.75, 3.05) is 12.3 Å². The minimum atomic E-state index is -4.91. The number of nitrogens with one attached hydrogen (secondary N) is 1. The molecular formula is C24H16Cl2F6N2O3S. The number of rotatable bonds is 6. The molecule has 14 heteroatoms. The van der Waals surface area contributed by atoms with Crippen LogP contribution in [0.1, 0.15) is 17.5 Å². The van der Waals surface area contributed by atoms with Gasteiger partial charge in [0, 0.05) is 33.0 Å². The van der Waals surface area contributed by atoms with Gasteiger partial charge in [0.15, 0.2) is 10.6 Å². The first-order chi connectivity index (χ1) is 17.7. The Balaban J connectivity index is 1.67. The Bertz CT molecular complexity index is 1400. The lowest BCUT2D eigenvalue weighted by Crippen LogP contribution is -2.42. The number of fused-ring (bicyclic) bond motifs is 1. The van der Waals surface area contributed by atoms with Crippen molar-refractivity contribution in [1.82, 2.24) is 5.32 Å². The molecule has 0 radical (unpaired) electrons. The molecule has 0 spiro atoms. The van der Waals surface area contributed by atoms with Crippen LogP contribution in [0.3, 0.4) is 0 Å². The molecule has 1 aliphatic rings. The van der Waals surface area contributed by atoms with Gasteiger partial charge in [-0.25, -0.2) is 0 Å². The third-order valence-electron chi connectivity index (χ3n) is 5.70. The molecule has 4 rings (SSSR count). The minimum absolute atomic E-state index is 0.0234. The van der Waals surface area contributed by atoms with Gasteiger partial charge in [0.25, 0.3) is 11.5 Å². The molecule has 1 N–H and O–H groups in total. The van der Waals surface area contributed by atoms with Gasteiger partial charge in [0.2, 0.25) is 0 Å². The number of benzene rings is 3. The molecule has 202 valence electrons. The summed E-state index contributed by atoms with van der Waals surface area (Å²) in [5, 5.41) is 6.04. The van der Waals surface area contributed by atoms with Gasteiger partial charge in [-0.15, -0.1) is 0 Å². The van der Waals surface area contributed by atoms with E-state index in [2.05, 4.69) is 5.16 Å². The summed E-state index contributed by atoms with van der Waals surface area (Å²) in [5.41, 5.74) is -3.01. The molecule has 2 unspecified atom stereocenters. The van der Waals surface area contributed by atoms with E-state index in [-0.39, 0.29) is 31.8 Å². The van der Waals surface area contributed by atoms with Crippen molar-refractivity contribution < 1.29 is 40.5 Å². The fraction of sp³-hybridized carbons (Fsp3) is 0.250. The van der Waals surface area contributed by atoms with Gasteiger partial charge in [-0.05, 0) is 53.0 Å². The molecule has 0 saturated heterocycles. The number of carbonyl (C=O) groups excluding carboxylic acids is 1. The highest BCUT2D eigenvalue weighted by molar-refractivity contribution is 7.92. The SMILES string of the molecule is O=C(C[S+]([O-])c1ccc(C2=NOC(c3cc(Cl)cc(Cl)c3)(C(F)(F)F)C2)c2ccccc12)NCC(F)(F)F.